The highest BCUT2D eigenvalue weighted by atomic mass is 16.1. The third-order valence-corrected chi connectivity index (χ3v) is 4.07. The van der Waals surface area contributed by atoms with Crippen LogP contribution >= 0.6 is 0 Å². The van der Waals surface area contributed by atoms with Crippen LogP contribution in [0.4, 0.5) is 0 Å². The molecule has 0 aromatic carbocycles. The van der Waals surface area contributed by atoms with Gasteiger partial charge in [0.2, 0.25) is 0 Å². The summed E-state index contributed by atoms with van der Waals surface area (Å²) in [5, 5.41) is 0. The molecule has 0 radical (unpaired) electrons. The molecule has 0 spiro atoms. The zero-order valence-corrected chi connectivity index (χ0v) is 11.0. The van der Waals surface area contributed by atoms with Crippen LogP contribution in [0.1, 0.15) is 23.3 Å². The Hall–Kier alpha value is -1.13. The molecule has 0 bridgehead atoms. The van der Waals surface area contributed by atoms with Gasteiger partial charge in [-0.25, -0.2) is 0 Å². The molecule has 2 aliphatic rings. The fraction of sp³-hybridized carbons (Fsp3) is 0.643. The molecule has 0 atom stereocenters. The largest absolute Gasteiger partial charge is 0.348 e. The average molecular weight is 247 g/mol. The Labute approximate surface area is 108 Å². The molecule has 0 amide bonds. The van der Waals surface area contributed by atoms with Gasteiger partial charge in [-0.1, -0.05) is 0 Å². The van der Waals surface area contributed by atoms with Crippen LogP contribution in [0.15, 0.2) is 18.3 Å². The molecule has 98 valence electrons. The Bertz CT molecular complexity index is 428. The van der Waals surface area contributed by atoms with Gasteiger partial charge in [0.25, 0.3) is 0 Å². The maximum absolute atomic E-state index is 12.1. The molecule has 0 unspecified atom stereocenters. The van der Waals surface area contributed by atoms with E-state index in [-0.39, 0.29) is 5.78 Å². The Morgan fingerprint density at radius 1 is 1.28 bits per heavy atom. The second kappa shape index (κ2) is 4.86. The third kappa shape index (κ3) is 2.49. The summed E-state index contributed by atoms with van der Waals surface area (Å²) in [5.74, 6) is 0.238. The lowest BCUT2D eigenvalue weighted by molar-refractivity contribution is 0.0836. The number of hydrogen-bond donors (Lipinski definition) is 0. The van der Waals surface area contributed by atoms with Crippen molar-refractivity contribution in [1.82, 2.24) is 14.4 Å². The van der Waals surface area contributed by atoms with Crippen LogP contribution in [0.5, 0.6) is 0 Å². The lowest BCUT2D eigenvalue weighted by Crippen LogP contribution is -2.48. The van der Waals surface area contributed by atoms with Crippen molar-refractivity contribution in [1.29, 1.82) is 0 Å². The number of piperazine rings is 1. The van der Waals surface area contributed by atoms with Crippen LogP contribution in [0.3, 0.4) is 0 Å². The molecule has 1 aliphatic carbocycles. The summed E-state index contributed by atoms with van der Waals surface area (Å²) in [6.07, 6.45) is 4.68. The predicted octanol–water partition coefficient (Wildman–Crippen LogP) is 0.988. The SMILES string of the molecule is Cn1cccc1C(=O)CN1CCN(C2CC2)CC1. The first-order valence-corrected chi connectivity index (χ1v) is 6.85. The van der Waals surface area contributed by atoms with Gasteiger partial charge in [-0.15, -0.1) is 0 Å². The molecule has 1 aromatic heterocycles. The van der Waals surface area contributed by atoms with Crippen molar-refractivity contribution in [3.63, 3.8) is 0 Å². The topological polar surface area (TPSA) is 28.5 Å². The molecule has 4 heteroatoms. The molecule has 0 N–H and O–H groups in total. The van der Waals surface area contributed by atoms with Crippen LogP contribution in [0, 0.1) is 0 Å². The van der Waals surface area contributed by atoms with E-state index in [0.717, 1.165) is 37.9 Å². The van der Waals surface area contributed by atoms with Gasteiger partial charge < -0.3 is 4.57 Å². The van der Waals surface area contributed by atoms with Crippen molar-refractivity contribution >= 4 is 5.78 Å². The minimum absolute atomic E-state index is 0.238. The first-order chi connectivity index (χ1) is 8.74. The van der Waals surface area contributed by atoms with Gasteiger partial charge >= 0.3 is 0 Å². The standard InChI is InChI=1S/C14H21N3O/c1-15-6-2-3-13(15)14(18)11-16-7-9-17(10-8-16)12-4-5-12/h2-3,6,12H,4-5,7-11H2,1H3. The van der Waals surface area contributed by atoms with Crippen molar-refractivity contribution in [2.75, 3.05) is 32.7 Å². The lowest BCUT2D eigenvalue weighted by Gasteiger charge is -2.34. The van der Waals surface area contributed by atoms with Crippen LogP contribution in [-0.2, 0) is 7.05 Å². The summed E-state index contributed by atoms with van der Waals surface area (Å²) in [7, 11) is 1.93. The Balaban J connectivity index is 1.51. The Morgan fingerprint density at radius 2 is 2.00 bits per heavy atom. The van der Waals surface area contributed by atoms with Crippen molar-refractivity contribution in [2.24, 2.45) is 7.05 Å². The fourth-order valence-electron chi connectivity index (χ4n) is 2.76. The minimum atomic E-state index is 0.238. The number of Topliss-reactive ketones (excluding diaryl/α,β-unsaturated/α-hetero) is 1. The Morgan fingerprint density at radius 3 is 2.56 bits per heavy atom. The first-order valence-electron chi connectivity index (χ1n) is 6.85. The van der Waals surface area contributed by atoms with Gasteiger partial charge in [0.05, 0.1) is 12.2 Å². The van der Waals surface area contributed by atoms with Gasteiger partial charge in [-0.2, -0.15) is 0 Å². The fourth-order valence-corrected chi connectivity index (χ4v) is 2.76. The summed E-state index contributed by atoms with van der Waals surface area (Å²) < 4.78 is 1.91. The van der Waals surface area contributed by atoms with Gasteiger partial charge in [-0.3, -0.25) is 14.6 Å². The van der Waals surface area contributed by atoms with E-state index in [4.69, 9.17) is 0 Å². The quantitative estimate of drug-likeness (QED) is 0.743. The number of nitrogens with zero attached hydrogens (tertiary/aromatic N) is 3. The molecule has 2 fully saturated rings. The third-order valence-electron chi connectivity index (χ3n) is 4.07. The van der Waals surface area contributed by atoms with Crippen LogP contribution in [-0.4, -0.2) is 58.9 Å². The van der Waals surface area contributed by atoms with Crippen LogP contribution < -0.4 is 0 Å². The smallest absolute Gasteiger partial charge is 0.193 e. The Kier molecular flexibility index (Phi) is 3.22. The zero-order valence-electron chi connectivity index (χ0n) is 11.0. The minimum Gasteiger partial charge on any atom is -0.348 e. The molecule has 1 saturated heterocycles. The van der Waals surface area contributed by atoms with Gasteiger partial charge in [0.15, 0.2) is 5.78 Å². The lowest BCUT2D eigenvalue weighted by atomic mass is 10.2. The normalized spacial score (nSPS) is 22.3. The van der Waals surface area contributed by atoms with Crippen molar-refractivity contribution in [3.05, 3.63) is 24.0 Å². The van der Waals surface area contributed by atoms with E-state index in [1.54, 1.807) is 0 Å². The number of rotatable bonds is 4. The molecule has 4 nitrogen and oxygen atoms in total. The molecule has 18 heavy (non-hydrogen) atoms. The number of ketones is 1. The van der Waals surface area contributed by atoms with Crippen LogP contribution in [0.2, 0.25) is 0 Å². The van der Waals surface area contributed by atoms with E-state index in [1.807, 2.05) is 29.9 Å². The van der Waals surface area contributed by atoms with E-state index < -0.39 is 0 Å². The van der Waals surface area contributed by atoms with Crippen molar-refractivity contribution < 1.29 is 4.79 Å². The predicted molar refractivity (Wildman–Crippen MR) is 70.8 cm³/mol. The molecular weight excluding hydrogens is 226 g/mol. The summed E-state index contributed by atoms with van der Waals surface area (Å²) in [4.78, 5) is 17.0. The maximum Gasteiger partial charge on any atom is 0.193 e. The highest BCUT2D eigenvalue weighted by Gasteiger charge is 2.31. The second-order valence-corrected chi connectivity index (χ2v) is 5.47. The summed E-state index contributed by atoms with van der Waals surface area (Å²) in [6, 6.07) is 4.69. The van der Waals surface area contributed by atoms with Gasteiger partial charge in [0.1, 0.15) is 0 Å². The average Bonchev–Trinajstić information content (AvgIpc) is 3.12. The van der Waals surface area contributed by atoms with Crippen molar-refractivity contribution in [3.8, 4) is 0 Å². The molecule has 1 aromatic rings. The number of aromatic nitrogens is 1. The van der Waals surface area contributed by atoms with Gasteiger partial charge in [0, 0.05) is 45.5 Å². The second-order valence-electron chi connectivity index (χ2n) is 5.47. The van der Waals surface area contributed by atoms with E-state index in [0.29, 0.717) is 6.54 Å². The molecule has 3 rings (SSSR count). The summed E-state index contributed by atoms with van der Waals surface area (Å²) >= 11 is 0. The van der Waals surface area contributed by atoms with Gasteiger partial charge in [-0.05, 0) is 25.0 Å². The molecule has 2 heterocycles. The monoisotopic (exact) mass is 247 g/mol. The van der Waals surface area contributed by atoms with Crippen molar-refractivity contribution in [2.45, 2.75) is 18.9 Å². The van der Waals surface area contributed by atoms with E-state index >= 15 is 0 Å². The zero-order chi connectivity index (χ0) is 12.5. The number of carbonyl (C=O) groups is 1. The summed E-state index contributed by atoms with van der Waals surface area (Å²) in [6.45, 7) is 4.89. The molecule has 1 aliphatic heterocycles. The van der Waals surface area contributed by atoms with E-state index in [2.05, 4.69) is 9.80 Å². The maximum atomic E-state index is 12.1. The highest BCUT2D eigenvalue weighted by Crippen LogP contribution is 2.27. The van der Waals surface area contributed by atoms with E-state index in [9.17, 15) is 4.79 Å². The highest BCUT2D eigenvalue weighted by molar-refractivity contribution is 5.96. The van der Waals surface area contributed by atoms with E-state index in [1.165, 1.54) is 12.8 Å². The number of aryl methyl sites for hydroxylation is 1. The first kappa shape index (κ1) is 11.9. The summed E-state index contributed by atoms with van der Waals surface area (Å²) in [5.41, 5.74) is 0.819. The number of carbonyl (C=O) groups excluding carboxylic acids is 1. The molecule has 1 saturated carbocycles. The number of hydrogen-bond acceptors (Lipinski definition) is 3. The molecular formula is C14H21N3O. The van der Waals surface area contributed by atoms with Crippen LogP contribution in [0.25, 0.3) is 0 Å².